The molecule has 1 aromatic carbocycles. The van der Waals surface area contributed by atoms with E-state index in [2.05, 4.69) is 53.7 Å². The van der Waals surface area contributed by atoms with Gasteiger partial charge in [-0.15, -0.1) is 10.2 Å². The molecule has 2 aromatic heterocycles. The average molecular weight is 357 g/mol. The van der Waals surface area contributed by atoms with Crippen LogP contribution in [0.3, 0.4) is 0 Å². The first-order valence-electron chi connectivity index (χ1n) is 8.49. The summed E-state index contributed by atoms with van der Waals surface area (Å²) in [5, 5.41) is 9.48. The molecule has 0 unspecified atom stereocenters. The fourth-order valence-corrected chi connectivity index (χ4v) is 3.45. The van der Waals surface area contributed by atoms with Crippen LogP contribution in [0.15, 0.2) is 46.2 Å². The predicted octanol–water partition coefficient (Wildman–Crippen LogP) is 4.74. The van der Waals surface area contributed by atoms with Crippen LogP contribution in [0, 0.1) is 13.8 Å². The zero-order chi connectivity index (χ0) is 17.6. The third-order valence-electron chi connectivity index (χ3n) is 3.90. The van der Waals surface area contributed by atoms with Gasteiger partial charge in [0, 0.05) is 12.3 Å². The Hall–Kier alpha value is -2.21. The van der Waals surface area contributed by atoms with Crippen molar-refractivity contribution in [3.05, 3.63) is 47.7 Å². The summed E-state index contributed by atoms with van der Waals surface area (Å²) < 4.78 is 13.4. The molecule has 0 radical (unpaired) electrons. The average Bonchev–Trinajstić information content (AvgIpc) is 3.26. The van der Waals surface area contributed by atoms with Gasteiger partial charge in [-0.25, -0.2) is 0 Å². The van der Waals surface area contributed by atoms with Crippen molar-refractivity contribution in [3.8, 4) is 17.3 Å². The van der Waals surface area contributed by atoms with Gasteiger partial charge in [-0.2, -0.15) is 0 Å². The molecule has 0 saturated heterocycles. The second-order valence-corrected chi connectivity index (χ2v) is 6.91. The van der Waals surface area contributed by atoms with Crippen molar-refractivity contribution in [2.45, 2.75) is 38.9 Å². The van der Waals surface area contributed by atoms with Gasteiger partial charge >= 0.3 is 0 Å². The van der Waals surface area contributed by atoms with E-state index in [0.717, 1.165) is 41.2 Å². The molecule has 0 atom stereocenters. The van der Waals surface area contributed by atoms with Crippen LogP contribution in [0.4, 0.5) is 0 Å². The van der Waals surface area contributed by atoms with Crippen molar-refractivity contribution in [2.75, 3.05) is 12.4 Å². The lowest BCUT2D eigenvalue weighted by molar-refractivity contribution is 0.316. The Morgan fingerprint density at radius 2 is 2.08 bits per heavy atom. The van der Waals surface area contributed by atoms with Crippen LogP contribution in [0.25, 0.3) is 11.6 Å². The van der Waals surface area contributed by atoms with Gasteiger partial charge in [0.05, 0.1) is 12.9 Å². The van der Waals surface area contributed by atoms with Gasteiger partial charge < -0.3 is 9.15 Å². The zero-order valence-electron chi connectivity index (χ0n) is 14.9. The SMILES string of the molecule is CCn1c(SCCCOc2cc(C)ccc2C)nnc1-c1ccco1. The topological polar surface area (TPSA) is 53.1 Å². The van der Waals surface area contributed by atoms with Gasteiger partial charge in [-0.05, 0) is 56.5 Å². The number of rotatable bonds is 8. The molecule has 25 heavy (non-hydrogen) atoms. The molecule has 6 heteroatoms. The fraction of sp³-hybridized carbons (Fsp3) is 0.368. The van der Waals surface area contributed by atoms with Crippen LogP contribution >= 0.6 is 11.8 Å². The molecule has 132 valence electrons. The lowest BCUT2D eigenvalue weighted by Gasteiger charge is -2.10. The Balaban J connectivity index is 1.52. The smallest absolute Gasteiger partial charge is 0.200 e. The Kier molecular flexibility index (Phi) is 5.81. The summed E-state index contributed by atoms with van der Waals surface area (Å²) >= 11 is 1.70. The molecule has 0 bridgehead atoms. The standard InChI is InChI=1S/C19H23N3O2S/c1-4-22-18(16-7-5-10-23-16)20-21-19(22)25-12-6-11-24-17-13-14(2)8-9-15(17)3/h5,7-10,13H,4,6,11-12H2,1-3H3. The molecule has 2 heterocycles. The first-order valence-corrected chi connectivity index (χ1v) is 9.47. The highest BCUT2D eigenvalue weighted by atomic mass is 32.2. The first kappa shape index (κ1) is 17.6. The van der Waals surface area contributed by atoms with E-state index < -0.39 is 0 Å². The number of nitrogens with zero attached hydrogens (tertiary/aromatic N) is 3. The van der Waals surface area contributed by atoms with Crippen molar-refractivity contribution >= 4 is 11.8 Å². The number of ether oxygens (including phenoxy) is 1. The van der Waals surface area contributed by atoms with Crippen LogP contribution in [0.2, 0.25) is 0 Å². The van der Waals surface area contributed by atoms with Gasteiger partial charge in [0.2, 0.25) is 0 Å². The number of thioether (sulfide) groups is 1. The molecular formula is C19H23N3O2S. The Morgan fingerprint density at radius 3 is 2.84 bits per heavy atom. The van der Waals surface area contributed by atoms with Gasteiger partial charge in [0.1, 0.15) is 5.75 Å². The molecule has 0 saturated carbocycles. The van der Waals surface area contributed by atoms with Crippen molar-refractivity contribution in [2.24, 2.45) is 0 Å². The highest BCUT2D eigenvalue weighted by molar-refractivity contribution is 7.99. The highest BCUT2D eigenvalue weighted by Gasteiger charge is 2.14. The van der Waals surface area contributed by atoms with E-state index in [0.29, 0.717) is 6.61 Å². The number of hydrogen-bond donors (Lipinski definition) is 0. The van der Waals surface area contributed by atoms with Crippen LogP contribution in [0.5, 0.6) is 5.75 Å². The molecule has 3 aromatic rings. The molecule has 0 N–H and O–H groups in total. The normalized spacial score (nSPS) is 11.0. The largest absolute Gasteiger partial charge is 0.493 e. The van der Waals surface area contributed by atoms with Gasteiger partial charge in [0.15, 0.2) is 16.7 Å². The van der Waals surface area contributed by atoms with Crippen LogP contribution in [-0.2, 0) is 6.54 Å². The van der Waals surface area contributed by atoms with E-state index in [4.69, 9.17) is 9.15 Å². The van der Waals surface area contributed by atoms with Crippen LogP contribution in [-0.4, -0.2) is 27.1 Å². The van der Waals surface area contributed by atoms with Crippen molar-refractivity contribution < 1.29 is 9.15 Å². The number of aryl methyl sites for hydroxylation is 2. The van der Waals surface area contributed by atoms with E-state index in [1.54, 1.807) is 18.0 Å². The van der Waals surface area contributed by atoms with E-state index in [1.807, 2.05) is 12.1 Å². The molecule has 0 fully saturated rings. The van der Waals surface area contributed by atoms with Gasteiger partial charge in [0.25, 0.3) is 0 Å². The summed E-state index contributed by atoms with van der Waals surface area (Å²) in [5.41, 5.74) is 2.39. The minimum atomic E-state index is 0.697. The van der Waals surface area contributed by atoms with E-state index >= 15 is 0 Å². The predicted molar refractivity (Wildman–Crippen MR) is 100 cm³/mol. The molecule has 0 amide bonds. The molecule has 0 aliphatic carbocycles. The third kappa shape index (κ3) is 4.25. The van der Waals surface area contributed by atoms with Crippen molar-refractivity contribution in [3.63, 3.8) is 0 Å². The zero-order valence-corrected chi connectivity index (χ0v) is 15.7. The summed E-state index contributed by atoms with van der Waals surface area (Å²) in [4.78, 5) is 0. The maximum absolute atomic E-state index is 5.91. The highest BCUT2D eigenvalue weighted by Crippen LogP contribution is 2.25. The minimum absolute atomic E-state index is 0.697. The molecule has 0 aliphatic rings. The Morgan fingerprint density at radius 1 is 1.20 bits per heavy atom. The second kappa shape index (κ2) is 8.25. The lowest BCUT2D eigenvalue weighted by atomic mass is 10.1. The molecule has 5 nitrogen and oxygen atoms in total. The monoisotopic (exact) mass is 357 g/mol. The minimum Gasteiger partial charge on any atom is -0.493 e. The third-order valence-corrected chi connectivity index (χ3v) is 4.95. The van der Waals surface area contributed by atoms with Gasteiger partial charge in [-0.1, -0.05) is 23.9 Å². The summed E-state index contributed by atoms with van der Waals surface area (Å²) in [6, 6.07) is 10.1. The second-order valence-electron chi connectivity index (χ2n) is 5.85. The van der Waals surface area contributed by atoms with Crippen LogP contribution in [0.1, 0.15) is 24.5 Å². The number of benzene rings is 1. The Labute approximate surface area is 152 Å². The molecule has 0 aliphatic heterocycles. The number of hydrogen-bond acceptors (Lipinski definition) is 5. The maximum atomic E-state index is 5.91. The summed E-state index contributed by atoms with van der Waals surface area (Å²) in [7, 11) is 0. The first-order chi connectivity index (χ1) is 12.2. The molecule has 3 rings (SSSR count). The molecule has 0 spiro atoms. The van der Waals surface area contributed by atoms with Gasteiger partial charge in [-0.3, -0.25) is 4.57 Å². The number of furan rings is 1. The summed E-state index contributed by atoms with van der Waals surface area (Å²) in [6.07, 6.45) is 2.60. The summed E-state index contributed by atoms with van der Waals surface area (Å²) in [6.45, 7) is 7.75. The Bertz CT molecular complexity index is 812. The number of aromatic nitrogens is 3. The maximum Gasteiger partial charge on any atom is 0.200 e. The fourth-order valence-electron chi connectivity index (χ4n) is 2.54. The van der Waals surface area contributed by atoms with Crippen LogP contribution < -0.4 is 4.74 Å². The van der Waals surface area contributed by atoms with E-state index in [-0.39, 0.29) is 0 Å². The summed E-state index contributed by atoms with van der Waals surface area (Å²) in [5.74, 6) is 3.43. The van der Waals surface area contributed by atoms with Crippen molar-refractivity contribution in [1.29, 1.82) is 0 Å². The van der Waals surface area contributed by atoms with E-state index in [1.165, 1.54) is 11.1 Å². The van der Waals surface area contributed by atoms with E-state index in [9.17, 15) is 0 Å². The van der Waals surface area contributed by atoms with Crippen molar-refractivity contribution in [1.82, 2.24) is 14.8 Å². The lowest BCUT2D eigenvalue weighted by Crippen LogP contribution is -2.02. The molecular weight excluding hydrogens is 334 g/mol. The quantitative estimate of drug-likeness (QED) is 0.431.